The summed E-state index contributed by atoms with van der Waals surface area (Å²) in [4.78, 5) is 0.0622. The molecule has 18 heavy (non-hydrogen) atoms. The van der Waals surface area contributed by atoms with Crippen molar-refractivity contribution in [3.05, 3.63) is 28.8 Å². The molecule has 0 saturated carbocycles. The van der Waals surface area contributed by atoms with Gasteiger partial charge < -0.3 is 5.11 Å². The van der Waals surface area contributed by atoms with E-state index in [0.29, 0.717) is 24.8 Å². The van der Waals surface area contributed by atoms with Gasteiger partial charge in [0, 0.05) is 6.61 Å². The van der Waals surface area contributed by atoms with Gasteiger partial charge in [-0.2, -0.15) is 5.26 Å². The van der Waals surface area contributed by atoms with Gasteiger partial charge in [-0.15, -0.1) is 0 Å². The van der Waals surface area contributed by atoms with Gasteiger partial charge in [0.05, 0.1) is 27.3 Å². The van der Waals surface area contributed by atoms with Crippen LogP contribution in [0.2, 0.25) is 5.02 Å². The molecule has 98 valence electrons. The normalized spacial score (nSPS) is 11.2. The van der Waals surface area contributed by atoms with E-state index < -0.39 is 9.84 Å². The fourth-order valence-corrected chi connectivity index (χ4v) is 3.48. The van der Waals surface area contributed by atoms with E-state index in [2.05, 4.69) is 0 Å². The van der Waals surface area contributed by atoms with Gasteiger partial charge in [-0.05, 0) is 31.0 Å². The standard InChI is InChI=1S/C12H14ClNO3S/c13-11-8-10(9-14)4-5-12(11)18(16,17)7-3-1-2-6-15/h4-5,8,15H,1-3,6-7H2. The lowest BCUT2D eigenvalue weighted by molar-refractivity contribution is 0.284. The molecule has 0 bridgehead atoms. The van der Waals surface area contributed by atoms with E-state index in [-0.39, 0.29) is 22.3 Å². The topological polar surface area (TPSA) is 78.2 Å². The molecule has 6 heteroatoms. The Bertz CT molecular complexity index is 549. The molecule has 0 heterocycles. The van der Waals surface area contributed by atoms with Crippen LogP contribution in [0, 0.1) is 11.3 Å². The molecule has 0 fully saturated rings. The van der Waals surface area contributed by atoms with Crippen LogP contribution in [-0.2, 0) is 9.84 Å². The maximum atomic E-state index is 12.0. The van der Waals surface area contributed by atoms with Crippen molar-refractivity contribution in [2.24, 2.45) is 0 Å². The van der Waals surface area contributed by atoms with Crippen molar-refractivity contribution in [3.8, 4) is 6.07 Å². The summed E-state index contributed by atoms with van der Waals surface area (Å²) in [5, 5.41) is 17.4. The van der Waals surface area contributed by atoms with Crippen LogP contribution >= 0.6 is 11.6 Å². The number of rotatable bonds is 6. The lowest BCUT2D eigenvalue weighted by Gasteiger charge is -2.06. The second-order valence-corrected chi connectivity index (χ2v) is 6.34. The number of aliphatic hydroxyl groups is 1. The molecular formula is C12H14ClNO3S. The molecule has 1 rings (SSSR count). The first kappa shape index (κ1) is 15.0. The summed E-state index contributed by atoms with van der Waals surface area (Å²) >= 11 is 5.86. The van der Waals surface area contributed by atoms with E-state index >= 15 is 0 Å². The van der Waals surface area contributed by atoms with Gasteiger partial charge >= 0.3 is 0 Å². The molecule has 1 aromatic carbocycles. The maximum Gasteiger partial charge on any atom is 0.179 e. The van der Waals surface area contributed by atoms with Crippen LogP contribution in [0.15, 0.2) is 23.1 Å². The summed E-state index contributed by atoms with van der Waals surface area (Å²) in [6, 6.07) is 6.05. The van der Waals surface area contributed by atoms with Gasteiger partial charge in [0.2, 0.25) is 0 Å². The van der Waals surface area contributed by atoms with E-state index in [0.717, 1.165) is 0 Å². The van der Waals surface area contributed by atoms with E-state index in [1.54, 1.807) is 0 Å². The van der Waals surface area contributed by atoms with Crippen LogP contribution in [0.25, 0.3) is 0 Å². The van der Waals surface area contributed by atoms with Crippen molar-refractivity contribution >= 4 is 21.4 Å². The molecule has 0 atom stereocenters. The Morgan fingerprint density at radius 1 is 1.28 bits per heavy atom. The summed E-state index contributed by atoms with van der Waals surface area (Å²) in [5.41, 5.74) is 0.333. The molecule has 0 aromatic heterocycles. The molecule has 1 aromatic rings. The third-order valence-corrected chi connectivity index (χ3v) is 4.74. The van der Waals surface area contributed by atoms with Gasteiger partial charge in [0.1, 0.15) is 0 Å². The van der Waals surface area contributed by atoms with Gasteiger partial charge in [-0.3, -0.25) is 0 Å². The number of unbranched alkanes of at least 4 members (excludes halogenated alkanes) is 2. The van der Waals surface area contributed by atoms with E-state index in [1.807, 2.05) is 6.07 Å². The third-order valence-electron chi connectivity index (χ3n) is 2.47. The Morgan fingerprint density at radius 2 is 2.00 bits per heavy atom. The molecule has 0 aliphatic carbocycles. The van der Waals surface area contributed by atoms with E-state index in [4.69, 9.17) is 22.0 Å². The van der Waals surface area contributed by atoms with Crippen LogP contribution in [0.4, 0.5) is 0 Å². The highest BCUT2D eigenvalue weighted by molar-refractivity contribution is 7.91. The zero-order chi connectivity index (χ0) is 13.6. The van der Waals surface area contributed by atoms with Crippen LogP contribution in [0.3, 0.4) is 0 Å². The van der Waals surface area contributed by atoms with Crippen LogP contribution < -0.4 is 0 Å². The number of hydrogen-bond donors (Lipinski definition) is 1. The summed E-state index contributed by atoms with van der Waals surface area (Å²) in [7, 11) is -3.42. The lowest BCUT2D eigenvalue weighted by Crippen LogP contribution is -2.08. The van der Waals surface area contributed by atoms with E-state index in [1.165, 1.54) is 18.2 Å². The first-order valence-corrected chi connectivity index (χ1v) is 7.57. The first-order valence-electron chi connectivity index (χ1n) is 5.54. The number of halogens is 1. The van der Waals surface area contributed by atoms with Gasteiger partial charge in [0.15, 0.2) is 9.84 Å². The van der Waals surface area contributed by atoms with Crippen LogP contribution in [0.5, 0.6) is 0 Å². The molecular weight excluding hydrogens is 274 g/mol. The predicted octanol–water partition coefficient (Wildman–Crippen LogP) is 2.15. The third kappa shape index (κ3) is 3.98. The Hall–Kier alpha value is -1.09. The van der Waals surface area contributed by atoms with Crippen molar-refractivity contribution in [2.75, 3.05) is 12.4 Å². The highest BCUT2D eigenvalue weighted by Crippen LogP contribution is 2.24. The number of benzene rings is 1. The number of aliphatic hydroxyl groups excluding tert-OH is 1. The minimum Gasteiger partial charge on any atom is -0.396 e. The second-order valence-electron chi connectivity index (χ2n) is 3.86. The smallest absolute Gasteiger partial charge is 0.179 e. The molecule has 1 N–H and O–H groups in total. The molecule has 4 nitrogen and oxygen atoms in total. The number of sulfone groups is 1. The Labute approximate surface area is 112 Å². The van der Waals surface area contributed by atoms with Crippen molar-refractivity contribution < 1.29 is 13.5 Å². The summed E-state index contributed by atoms with van der Waals surface area (Å²) in [6.07, 6.45) is 1.74. The van der Waals surface area contributed by atoms with Crippen LogP contribution in [-0.4, -0.2) is 25.9 Å². The second kappa shape index (κ2) is 6.74. The Morgan fingerprint density at radius 3 is 2.56 bits per heavy atom. The minimum atomic E-state index is -3.42. The summed E-state index contributed by atoms with van der Waals surface area (Å²) in [5.74, 6) is -0.00137. The molecule has 0 spiro atoms. The molecule has 0 aliphatic rings. The molecule has 0 unspecified atom stereocenters. The van der Waals surface area contributed by atoms with Gasteiger partial charge in [0.25, 0.3) is 0 Å². The average Bonchev–Trinajstić information content (AvgIpc) is 2.34. The van der Waals surface area contributed by atoms with Gasteiger partial charge in [-0.1, -0.05) is 18.0 Å². The highest BCUT2D eigenvalue weighted by Gasteiger charge is 2.17. The average molecular weight is 288 g/mol. The summed E-state index contributed by atoms with van der Waals surface area (Å²) in [6.45, 7) is 0.0671. The number of nitriles is 1. The fraction of sp³-hybridized carbons (Fsp3) is 0.417. The molecule has 0 saturated heterocycles. The Balaban J connectivity index is 2.82. The van der Waals surface area contributed by atoms with Crippen molar-refractivity contribution in [3.63, 3.8) is 0 Å². The molecule has 0 aliphatic heterocycles. The van der Waals surface area contributed by atoms with Gasteiger partial charge in [-0.25, -0.2) is 8.42 Å². The minimum absolute atomic E-state index is 0.00137. The monoisotopic (exact) mass is 287 g/mol. The number of hydrogen-bond acceptors (Lipinski definition) is 4. The fourth-order valence-electron chi connectivity index (χ4n) is 1.51. The zero-order valence-corrected chi connectivity index (χ0v) is 11.3. The largest absolute Gasteiger partial charge is 0.396 e. The Kier molecular flexibility index (Phi) is 5.60. The SMILES string of the molecule is N#Cc1ccc(S(=O)(=O)CCCCCO)c(Cl)c1. The first-order chi connectivity index (χ1) is 8.51. The van der Waals surface area contributed by atoms with Crippen LogP contribution in [0.1, 0.15) is 24.8 Å². The molecule has 0 radical (unpaired) electrons. The van der Waals surface area contributed by atoms with Crippen molar-refractivity contribution in [2.45, 2.75) is 24.2 Å². The number of nitrogens with zero attached hydrogens (tertiary/aromatic N) is 1. The predicted molar refractivity (Wildman–Crippen MR) is 69.2 cm³/mol. The van der Waals surface area contributed by atoms with Crippen molar-refractivity contribution in [1.29, 1.82) is 5.26 Å². The molecule has 0 amide bonds. The zero-order valence-electron chi connectivity index (χ0n) is 9.76. The van der Waals surface area contributed by atoms with Crippen molar-refractivity contribution in [1.82, 2.24) is 0 Å². The highest BCUT2D eigenvalue weighted by atomic mass is 35.5. The summed E-state index contributed by atoms with van der Waals surface area (Å²) < 4.78 is 24.0. The lowest BCUT2D eigenvalue weighted by atomic mass is 10.2. The maximum absolute atomic E-state index is 12.0. The quantitative estimate of drug-likeness (QED) is 0.813. The van der Waals surface area contributed by atoms with E-state index in [9.17, 15) is 8.42 Å².